The van der Waals surface area contributed by atoms with Gasteiger partial charge in [-0.3, -0.25) is 4.79 Å². The molecule has 3 unspecified atom stereocenters. The van der Waals surface area contributed by atoms with Gasteiger partial charge in [-0.25, -0.2) is 8.78 Å². The molecule has 1 heterocycles. The van der Waals surface area contributed by atoms with Gasteiger partial charge < -0.3 is 10.6 Å². The summed E-state index contributed by atoms with van der Waals surface area (Å²) in [4.78, 5) is 12.9. The number of carbonyl (C=O) groups is 1. The number of nitrogens with one attached hydrogen (secondary N) is 2. The zero-order chi connectivity index (χ0) is 18.5. The van der Waals surface area contributed by atoms with Crippen molar-refractivity contribution in [2.45, 2.75) is 37.6 Å². The second-order valence-corrected chi connectivity index (χ2v) is 6.76. The first-order valence-electron chi connectivity index (χ1n) is 9.11. The Hall–Kier alpha value is -2.27. The van der Waals surface area contributed by atoms with E-state index in [9.17, 15) is 13.6 Å². The SMILES string of the molecule is CCC(C(=O)NC1CNCCC1c1ccc(F)c(F)c1)c1ccccc1. The summed E-state index contributed by atoms with van der Waals surface area (Å²) in [5.41, 5.74) is 1.71. The summed E-state index contributed by atoms with van der Waals surface area (Å²) >= 11 is 0. The summed E-state index contributed by atoms with van der Waals surface area (Å²) in [6, 6.07) is 13.6. The molecule has 3 rings (SSSR count). The summed E-state index contributed by atoms with van der Waals surface area (Å²) in [7, 11) is 0. The molecule has 5 heteroatoms. The molecule has 138 valence electrons. The topological polar surface area (TPSA) is 41.1 Å². The lowest BCUT2D eigenvalue weighted by atomic mass is 9.85. The number of piperidine rings is 1. The summed E-state index contributed by atoms with van der Waals surface area (Å²) in [6.45, 7) is 3.38. The van der Waals surface area contributed by atoms with Crippen molar-refractivity contribution in [3.8, 4) is 0 Å². The molecule has 1 amide bonds. The zero-order valence-electron chi connectivity index (χ0n) is 14.8. The lowest BCUT2D eigenvalue weighted by Gasteiger charge is -2.34. The second-order valence-electron chi connectivity index (χ2n) is 6.76. The van der Waals surface area contributed by atoms with Crippen LogP contribution >= 0.6 is 0 Å². The molecule has 0 bridgehead atoms. The first kappa shape index (κ1) is 18.5. The molecular formula is C21H24F2N2O. The van der Waals surface area contributed by atoms with Crippen LogP contribution in [0.15, 0.2) is 48.5 Å². The maximum Gasteiger partial charge on any atom is 0.227 e. The third-order valence-electron chi connectivity index (χ3n) is 5.11. The molecule has 2 aromatic carbocycles. The molecule has 0 spiro atoms. The Balaban J connectivity index is 1.77. The quantitative estimate of drug-likeness (QED) is 0.855. The summed E-state index contributed by atoms with van der Waals surface area (Å²) in [5.74, 6) is -1.98. The molecule has 3 nitrogen and oxygen atoms in total. The smallest absolute Gasteiger partial charge is 0.227 e. The molecular weight excluding hydrogens is 334 g/mol. The Kier molecular flexibility index (Phi) is 5.99. The number of amides is 1. The van der Waals surface area contributed by atoms with Crippen LogP contribution < -0.4 is 10.6 Å². The molecule has 2 aromatic rings. The minimum absolute atomic E-state index is 0.0278. The fourth-order valence-corrected chi connectivity index (χ4v) is 3.69. The van der Waals surface area contributed by atoms with Gasteiger partial charge in [-0.05, 0) is 42.6 Å². The fourth-order valence-electron chi connectivity index (χ4n) is 3.69. The van der Waals surface area contributed by atoms with Gasteiger partial charge in [0.1, 0.15) is 0 Å². The van der Waals surface area contributed by atoms with E-state index in [1.54, 1.807) is 6.07 Å². The Morgan fingerprint density at radius 3 is 2.65 bits per heavy atom. The maximum atomic E-state index is 13.6. The molecule has 0 radical (unpaired) electrons. The minimum Gasteiger partial charge on any atom is -0.351 e. The van der Waals surface area contributed by atoms with Crippen LogP contribution in [0.25, 0.3) is 0 Å². The van der Waals surface area contributed by atoms with Crippen LogP contribution in [-0.4, -0.2) is 25.0 Å². The van der Waals surface area contributed by atoms with E-state index >= 15 is 0 Å². The molecule has 0 saturated carbocycles. The largest absolute Gasteiger partial charge is 0.351 e. The zero-order valence-corrected chi connectivity index (χ0v) is 14.8. The normalized spacial score (nSPS) is 21.2. The van der Waals surface area contributed by atoms with Gasteiger partial charge in [0, 0.05) is 18.5 Å². The summed E-state index contributed by atoms with van der Waals surface area (Å²) in [5, 5.41) is 6.41. The lowest BCUT2D eigenvalue weighted by Crippen LogP contribution is -2.51. The molecule has 2 N–H and O–H groups in total. The molecule has 0 aromatic heterocycles. The van der Waals surface area contributed by atoms with E-state index in [1.807, 2.05) is 37.3 Å². The van der Waals surface area contributed by atoms with Crippen LogP contribution in [0.3, 0.4) is 0 Å². The third-order valence-corrected chi connectivity index (χ3v) is 5.11. The fraction of sp³-hybridized carbons (Fsp3) is 0.381. The Morgan fingerprint density at radius 1 is 1.19 bits per heavy atom. The van der Waals surface area contributed by atoms with Gasteiger partial charge >= 0.3 is 0 Å². The Morgan fingerprint density at radius 2 is 1.96 bits per heavy atom. The highest BCUT2D eigenvalue weighted by Gasteiger charge is 2.30. The first-order chi connectivity index (χ1) is 12.6. The number of benzene rings is 2. The number of halogens is 2. The van der Waals surface area contributed by atoms with Gasteiger partial charge in [-0.1, -0.05) is 43.3 Å². The molecule has 1 saturated heterocycles. The van der Waals surface area contributed by atoms with Crippen LogP contribution in [0.4, 0.5) is 8.78 Å². The lowest BCUT2D eigenvalue weighted by molar-refractivity contribution is -0.123. The van der Waals surface area contributed by atoms with Gasteiger partial charge in [0.15, 0.2) is 11.6 Å². The van der Waals surface area contributed by atoms with Crippen LogP contribution in [0.1, 0.15) is 42.7 Å². The molecule has 1 aliphatic rings. The highest BCUT2D eigenvalue weighted by atomic mass is 19.2. The van der Waals surface area contributed by atoms with E-state index in [0.29, 0.717) is 13.0 Å². The highest BCUT2D eigenvalue weighted by molar-refractivity contribution is 5.84. The van der Waals surface area contributed by atoms with E-state index in [4.69, 9.17) is 0 Å². The van der Waals surface area contributed by atoms with Gasteiger partial charge in [0.05, 0.1) is 5.92 Å². The molecule has 26 heavy (non-hydrogen) atoms. The van der Waals surface area contributed by atoms with E-state index < -0.39 is 11.6 Å². The molecule has 1 aliphatic heterocycles. The van der Waals surface area contributed by atoms with Gasteiger partial charge in [-0.15, -0.1) is 0 Å². The van der Waals surface area contributed by atoms with Crippen LogP contribution in [0.5, 0.6) is 0 Å². The van der Waals surface area contributed by atoms with Crippen molar-refractivity contribution in [2.75, 3.05) is 13.1 Å². The predicted molar refractivity (Wildman–Crippen MR) is 98.0 cm³/mol. The van der Waals surface area contributed by atoms with Crippen molar-refractivity contribution in [3.63, 3.8) is 0 Å². The third kappa shape index (κ3) is 4.10. The van der Waals surface area contributed by atoms with Crippen LogP contribution in [-0.2, 0) is 4.79 Å². The van der Waals surface area contributed by atoms with Crippen molar-refractivity contribution in [1.29, 1.82) is 0 Å². The monoisotopic (exact) mass is 358 g/mol. The number of rotatable bonds is 5. The van der Waals surface area contributed by atoms with E-state index in [1.165, 1.54) is 6.07 Å². The number of hydrogen-bond acceptors (Lipinski definition) is 2. The standard InChI is InChI=1S/C21H24F2N2O/c1-2-16(14-6-4-3-5-7-14)21(26)25-20-13-24-11-10-17(20)15-8-9-18(22)19(23)12-15/h3-9,12,16-17,20,24H,2,10-11,13H2,1H3,(H,25,26). The molecule has 0 aliphatic carbocycles. The summed E-state index contributed by atoms with van der Waals surface area (Å²) < 4.78 is 26.9. The van der Waals surface area contributed by atoms with Crippen molar-refractivity contribution >= 4 is 5.91 Å². The van der Waals surface area contributed by atoms with Gasteiger partial charge in [-0.2, -0.15) is 0 Å². The van der Waals surface area contributed by atoms with Gasteiger partial charge in [0.25, 0.3) is 0 Å². The van der Waals surface area contributed by atoms with E-state index in [2.05, 4.69) is 10.6 Å². The number of hydrogen-bond donors (Lipinski definition) is 2. The number of carbonyl (C=O) groups excluding carboxylic acids is 1. The van der Waals surface area contributed by atoms with Gasteiger partial charge in [0.2, 0.25) is 5.91 Å². The first-order valence-corrected chi connectivity index (χ1v) is 9.11. The average molecular weight is 358 g/mol. The van der Waals surface area contributed by atoms with Crippen molar-refractivity contribution in [3.05, 3.63) is 71.3 Å². The maximum absolute atomic E-state index is 13.6. The van der Waals surface area contributed by atoms with Crippen LogP contribution in [0.2, 0.25) is 0 Å². The highest BCUT2D eigenvalue weighted by Crippen LogP contribution is 2.28. The second kappa shape index (κ2) is 8.41. The van der Waals surface area contributed by atoms with Crippen LogP contribution in [0, 0.1) is 11.6 Å². The van der Waals surface area contributed by atoms with E-state index in [-0.39, 0.29) is 23.8 Å². The average Bonchev–Trinajstić information content (AvgIpc) is 2.66. The molecule has 1 fully saturated rings. The van der Waals surface area contributed by atoms with Crippen molar-refractivity contribution in [1.82, 2.24) is 10.6 Å². The molecule has 3 atom stereocenters. The summed E-state index contributed by atoms with van der Waals surface area (Å²) in [6.07, 6.45) is 1.46. The Bertz CT molecular complexity index is 751. The Labute approximate surface area is 152 Å². The minimum atomic E-state index is -0.849. The van der Waals surface area contributed by atoms with Crippen molar-refractivity contribution < 1.29 is 13.6 Å². The van der Waals surface area contributed by atoms with E-state index in [0.717, 1.165) is 30.2 Å². The predicted octanol–water partition coefficient (Wildman–Crippen LogP) is 3.72. The van der Waals surface area contributed by atoms with Crippen molar-refractivity contribution in [2.24, 2.45) is 0 Å².